The largest absolute Gasteiger partial charge is 0.322 e. The molecule has 2 heterocycles. The van der Waals surface area contributed by atoms with Crippen LogP contribution in [-0.4, -0.2) is 35.0 Å². The Hall–Kier alpha value is -1.88. The third kappa shape index (κ3) is 1.90. The van der Waals surface area contributed by atoms with Gasteiger partial charge in [-0.15, -0.1) is 0 Å². The quantitative estimate of drug-likeness (QED) is 0.774. The molecule has 5 heteroatoms. The predicted octanol–water partition coefficient (Wildman–Crippen LogP) is 0.859. The Morgan fingerprint density at radius 1 is 1.32 bits per heavy atom. The predicted molar refractivity (Wildman–Crippen MR) is 70.3 cm³/mol. The highest BCUT2D eigenvalue weighted by Gasteiger charge is 2.55. The van der Waals surface area contributed by atoms with E-state index in [9.17, 15) is 9.59 Å². The monoisotopic (exact) mass is 259 g/mol. The number of benzene rings is 1. The maximum atomic E-state index is 12.0. The topological polar surface area (TPSA) is 61.4 Å². The molecule has 3 amide bonds. The van der Waals surface area contributed by atoms with Gasteiger partial charge >= 0.3 is 6.03 Å². The van der Waals surface area contributed by atoms with Gasteiger partial charge in [-0.3, -0.25) is 15.0 Å². The summed E-state index contributed by atoms with van der Waals surface area (Å²) in [5.74, 6) is -0.194. The van der Waals surface area contributed by atoms with Gasteiger partial charge in [0.2, 0.25) is 0 Å². The van der Waals surface area contributed by atoms with Crippen molar-refractivity contribution in [2.75, 3.05) is 6.54 Å². The number of urea groups is 1. The van der Waals surface area contributed by atoms with E-state index < -0.39 is 5.54 Å². The van der Waals surface area contributed by atoms with Crippen molar-refractivity contribution in [3.63, 3.8) is 0 Å². The highest BCUT2D eigenvalue weighted by Crippen LogP contribution is 2.32. The van der Waals surface area contributed by atoms with E-state index >= 15 is 0 Å². The molecule has 2 fully saturated rings. The molecule has 1 spiro atoms. The lowest BCUT2D eigenvalue weighted by Crippen LogP contribution is -2.54. The highest BCUT2D eigenvalue weighted by atomic mass is 16.2. The van der Waals surface area contributed by atoms with Crippen LogP contribution >= 0.6 is 0 Å². The molecule has 2 unspecified atom stereocenters. The Balaban J connectivity index is 1.77. The van der Waals surface area contributed by atoms with Crippen molar-refractivity contribution < 1.29 is 9.59 Å². The maximum Gasteiger partial charge on any atom is 0.322 e. The molecule has 2 N–H and O–H groups in total. The molecule has 5 nitrogen and oxygen atoms in total. The summed E-state index contributed by atoms with van der Waals surface area (Å²) in [6, 6.07) is 9.78. The SMILES string of the molecule is CC1N(Cc2ccccc2)CCC12NC(=O)NC2=O. The summed E-state index contributed by atoms with van der Waals surface area (Å²) in [6.45, 7) is 3.61. The number of imide groups is 1. The molecule has 19 heavy (non-hydrogen) atoms. The van der Waals surface area contributed by atoms with Crippen molar-refractivity contribution in [1.82, 2.24) is 15.5 Å². The number of rotatable bonds is 2. The average Bonchev–Trinajstić information content (AvgIpc) is 2.86. The van der Waals surface area contributed by atoms with Gasteiger partial charge in [-0.05, 0) is 18.9 Å². The van der Waals surface area contributed by atoms with Crippen LogP contribution in [0.2, 0.25) is 0 Å². The zero-order valence-electron chi connectivity index (χ0n) is 10.8. The van der Waals surface area contributed by atoms with E-state index in [1.807, 2.05) is 25.1 Å². The molecule has 100 valence electrons. The van der Waals surface area contributed by atoms with Crippen molar-refractivity contribution >= 4 is 11.9 Å². The number of carbonyl (C=O) groups excluding carboxylic acids is 2. The number of nitrogens with one attached hydrogen (secondary N) is 2. The summed E-state index contributed by atoms with van der Waals surface area (Å²) in [4.78, 5) is 25.6. The summed E-state index contributed by atoms with van der Waals surface area (Å²) in [7, 11) is 0. The van der Waals surface area contributed by atoms with E-state index in [4.69, 9.17) is 0 Å². The first-order chi connectivity index (χ1) is 9.12. The van der Waals surface area contributed by atoms with Gasteiger partial charge in [0.05, 0.1) is 0 Å². The van der Waals surface area contributed by atoms with Gasteiger partial charge in [0.15, 0.2) is 0 Å². The Bertz CT molecular complexity index is 517. The zero-order valence-corrected chi connectivity index (χ0v) is 10.8. The van der Waals surface area contributed by atoms with Crippen LogP contribution < -0.4 is 10.6 Å². The molecule has 3 rings (SSSR count). The van der Waals surface area contributed by atoms with E-state index in [2.05, 4.69) is 27.7 Å². The third-order valence-electron chi connectivity index (χ3n) is 4.25. The zero-order chi connectivity index (χ0) is 13.5. The second-order valence-electron chi connectivity index (χ2n) is 5.26. The Kier molecular flexibility index (Phi) is 2.78. The number of hydrogen-bond donors (Lipinski definition) is 2. The number of carbonyl (C=O) groups is 2. The number of hydrogen-bond acceptors (Lipinski definition) is 3. The normalized spacial score (nSPS) is 30.7. The summed E-state index contributed by atoms with van der Waals surface area (Å²) in [6.07, 6.45) is 0.665. The van der Waals surface area contributed by atoms with E-state index in [1.165, 1.54) is 5.56 Å². The lowest BCUT2D eigenvalue weighted by Gasteiger charge is -2.29. The van der Waals surface area contributed by atoms with Crippen LogP contribution in [0.4, 0.5) is 4.79 Å². The highest BCUT2D eigenvalue weighted by molar-refractivity contribution is 6.07. The van der Waals surface area contributed by atoms with Gasteiger partial charge in [0.25, 0.3) is 5.91 Å². The van der Waals surface area contributed by atoms with Gasteiger partial charge in [-0.25, -0.2) is 4.79 Å². The molecule has 1 aromatic carbocycles. The second-order valence-corrected chi connectivity index (χ2v) is 5.26. The van der Waals surface area contributed by atoms with Gasteiger partial charge in [-0.1, -0.05) is 30.3 Å². The van der Waals surface area contributed by atoms with Crippen molar-refractivity contribution in [3.05, 3.63) is 35.9 Å². The molecule has 0 aliphatic carbocycles. The first-order valence-electron chi connectivity index (χ1n) is 6.53. The molecular formula is C14H17N3O2. The van der Waals surface area contributed by atoms with Crippen molar-refractivity contribution in [3.8, 4) is 0 Å². The average molecular weight is 259 g/mol. The molecule has 0 bridgehead atoms. The molecule has 2 aliphatic rings. The summed E-state index contributed by atoms with van der Waals surface area (Å²) in [5, 5.41) is 5.15. The van der Waals surface area contributed by atoms with Crippen LogP contribution in [0.1, 0.15) is 18.9 Å². The minimum absolute atomic E-state index is 0.000781. The van der Waals surface area contributed by atoms with Crippen LogP contribution in [0.3, 0.4) is 0 Å². The van der Waals surface area contributed by atoms with Gasteiger partial charge in [0.1, 0.15) is 5.54 Å². The first kappa shape index (κ1) is 12.2. The van der Waals surface area contributed by atoms with E-state index in [-0.39, 0.29) is 18.0 Å². The van der Waals surface area contributed by atoms with Crippen molar-refractivity contribution in [1.29, 1.82) is 0 Å². The minimum atomic E-state index is -0.744. The molecular weight excluding hydrogens is 242 g/mol. The van der Waals surface area contributed by atoms with Gasteiger partial charge < -0.3 is 5.32 Å². The lowest BCUT2D eigenvalue weighted by atomic mass is 9.91. The van der Waals surface area contributed by atoms with Crippen LogP contribution in [0.5, 0.6) is 0 Å². The molecule has 2 saturated heterocycles. The van der Waals surface area contributed by atoms with E-state index in [0.29, 0.717) is 6.42 Å². The van der Waals surface area contributed by atoms with Crippen molar-refractivity contribution in [2.24, 2.45) is 0 Å². The molecule has 0 saturated carbocycles. The van der Waals surface area contributed by atoms with Crippen LogP contribution in [-0.2, 0) is 11.3 Å². The van der Waals surface area contributed by atoms with E-state index in [0.717, 1.165) is 13.1 Å². The van der Waals surface area contributed by atoms with E-state index in [1.54, 1.807) is 0 Å². The van der Waals surface area contributed by atoms with Crippen LogP contribution in [0.15, 0.2) is 30.3 Å². The molecule has 0 radical (unpaired) electrons. The number of nitrogens with zero attached hydrogens (tertiary/aromatic N) is 1. The summed E-state index contributed by atoms with van der Waals surface area (Å²) in [5.41, 5.74) is 0.474. The molecule has 1 aromatic rings. The molecule has 0 aromatic heterocycles. The smallest absolute Gasteiger partial charge is 0.322 e. The Labute approximate surface area is 112 Å². The fourth-order valence-electron chi connectivity index (χ4n) is 3.04. The second kappa shape index (κ2) is 4.35. The molecule has 2 atom stereocenters. The Morgan fingerprint density at radius 3 is 2.68 bits per heavy atom. The standard InChI is InChI=1S/C14H17N3O2/c1-10-14(12(18)15-13(19)16-14)7-8-17(10)9-11-5-3-2-4-6-11/h2-6,10H,7-9H2,1H3,(H2,15,16,18,19). The number of amides is 3. The lowest BCUT2D eigenvalue weighted by molar-refractivity contribution is -0.124. The summed E-state index contributed by atoms with van der Waals surface area (Å²) < 4.78 is 0. The third-order valence-corrected chi connectivity index (χ3v) is 4.25. The minimum Gasteiger partial charge on any atom is -0.322 e. The Morgan fingerprint density at radius 2 is 2.05 bits per heavy atom. The maximum absolute atomic E-state index is 12.0. The van der Waals surface area contributed by atoms with Crippen molar-refractivity contribution in [2.45, 2.75) is 31.5 Å². The van der Waals surface area contributed by atoms with Gasteiger partial charge in [-0.2, -0.15) is 0 Å². The fourth-order valence-corrected chi connectivity index (χ4v) is 3.04. The number of likely N-dealkylation sites (tertiary alicyclic amines) is 1. The fraction of sp³-hybridized carbons (Fsp3) is 0.429. The first-order valence-corrected chi connectivity index (χ1v) is 6.53. The van der Waals surface area contributed by atoms with Gasteiger partial charge in [0, 0.05) is 19.1 Å². The summed E-state index contributed by atoms with van der Waals surface area (Å²) >= 11 is 0. The van der Waals surface area contributed by atoms with Crippen LogP contribution in [0.25, 0.3) is 0 Å². The van der Waals surface area contributed by atoms with Crippen LogP contribution in [0, 0.1) is 0 Å². The molecule has 2 aliphatic heterocycles.